The quantitative estimate of drug-likeness (QED) is 0.857. The van der Waals surface area contributed by atoms with Gasteiger partial charge in [0.2, 0.25) is 0 Å². The van der Waals surface area contributed by atoms with Crippen molar-refractivity contribution in [3.05, 3.63) is 46.3 Å². The highest BCUT2D eigenvalue weighted by molar-refractivity contribution is 7.15. The molecule has 0 atom stereocenters. The Morgan fingerprint density at radius 1 is 1.18 bits per heavy atom. The number of hydrogen-bond acceptors (Lipinski definition) is 2. The van der Waals surface area contributed by atoms with Gasteiger partial charge in [0, 0.05) is 16.3 Å². The second-order valence-corrected chi connectivity index (χ2v) is 5.84. The molecule has 1 heterocycles. The SMILES string of the molecule is Cc1cc(CN)sc1-c1ccc(C(C)C)cc1. The highest BCUT2D eigenvalue weighted by Crippen LogP contribution is 2.32. The number of benzene rings is 1. The van der Waals surface area contributed by atoms with E-state index in [1.54, 1.807) is 11.3 Å². The van der Waals surface area contributed by atoms with E-state index >= 15 is 0 Å². The standard InChI is InChI=1S/C15H19NS/c1-10(2)12-4-6-13(7-5-12)15-11(3)8-14(9-16)17-15/h4-8,10H,9,16H2,1-3H3. The molecule has 0 fully saturated rings. The van der Waals surface area contributed by atoms with Gasteiger partial charge in [-0.3, -0.25) is 0 Å². The van der Waals surface area contributed by atoms with Crippen LogP contribution in [0.2, 0.25) is 0 Å². The van der Waals surface area contributed by atoms with Gasteiger partial charge in [0.05, 0.1) is 0 Å². The first kappa shape index (κ1) is 12.3. The van der Waals surface area contributed by atoms with Crippen LogP contribution in [0, 0.1) is 6.92 Å². The molecule has 1 aromatic carbocycles. The summed E-state index contributed by atoms with van der Waals surface area (Å²) in [6, 6.07) is 11.1. The Morgan fingerprint density at radius 2 is 1.82 bits per heavy atom. The Hall–Kier alpha value is -1.12. The molecule has 0 spiro atoms. The summed E-state index contributed by atoms with van der Waals surface area (Å²) in [6.07, 6.45) is 0. The number of hydrogen-bond donors (Lipinski definition) is 1. The minimum Gasteiger partial charge on any atom is -0.326 e. The zero-order valence-corrected chi connectivity index (χ0v) is 11.5. The van der Waals surface area contributed by atoms with Crippen molar-refractivity contribution < 1.29 is 0 Å². The fourth-order valence-electron chi connectivity index (χ4n) is 1.95. The van der Waals surface area contributed by atoms with Crippen molar-refractivity contribution >= 4 is 11.3 Å². The van der Waals surface area contributed by atoms with Gasteiger partial charge in [-0.2, -0.15) is 0 Å². The minimum absolute atomic E-state index is 0.591. The molecule has 1 nitrogen and oxygen atoms in total. The summed E-state index contributed by atoms with van der Waals surface area (Å²) in [7, 11) is 0. The maximum Gasteiger partial charge on any atom is 0.0375 e. The molecule has 0 aliphatic carbocycles. The first-order chi connectivity index (χ1) is 8.11. The lowest BCUT2D eigenvalue weighted by molar-refractivity contribution is 0.867. The van der Waals surface area contributed by atoms with E-state index in [0.29, 0.717) is 12.5 Å². The van der Waals surface area contributed by atoms with Crippen molar-refractivity contribution in [3.63, 3.8) is 0 Å². The van der Waals surface area contributed by atoms with E-state index in [9.17, 15) is 0 Å². The van der Waals surface area contributed by atoms with Crippen molar-refractivity contribution in [2.75, 3.05) is 0 Å². The lowest BCUT2D eigenvalue weighted by atomic mass is 10.0. The van der Waals surface area contributed by atoms with Crippen molar-refractivity contribution in [1.29, 1.82) is 0 Å². The van der Waals surface area contributed by atoms with E-state index in [-0.39, 0.29) is 0 Å². The monoisotopic (exact) mass is 245 g/mol. The van der Waals surface area contributed by atoms with Gasteiger partial charge in [-0.15, -0.1) is 11.3 Å². The molecule has 0 saturated carbocycles. The number of thiophene rings is 1. The van der Waals surface area contributed by atoms with Gasteiger partial charge in [-0.1, -0.05) is 38.1 Å². The molecular weight excluding hydrogens is 226 g/mol. The summed E-state index contributed by atoms with van der Waals surface area (Å²) in [4.78, 5) is 2.60. The Morgan fingerprint density at radius 3 is 2.29 bits per heavy atom. The first-order valence-electron chi connectivity index (χ1n) is 6.01. The fraction of sp³-hybridized carbons (Fsp3) is 0.333. The predicted molar refractivity (Wildman–Crippen MR) is 76.5 cm³/mol. The van der Waals surface area contributed by atoms with E-state index < -0.39 is 0 Å². The maximum absolute atomic E-state index is 5.68. The number of nitrogens with two attached hydrogens (primary N) is 1. The van der Waals surface area contributed by atoms with Gasteiger partial charge in [0.1, 0.15) is 0 Å². The normalized spacial score (nSPS) is 11.1. The molecule has 2 rings (SSSR count). The van der Waals surface area contributed by atoms with Crippen molar-refractivity contribution in [2.24, 2.45) is 5.73 Å². The summed E-state index contributed by atoms with van der Waals surface area (Å²) in [6.45, 7) is 7.23. The summed E-state index contributed by atoms with van der Waals surface area (Å²) >= 11 is 1.80. The van der Waals surface area contributed by atoms with E-state index in [2.05, 4.69) is 51.1 Å². The molecule has 0 amide bonds. The Labute approximate surface area is 107 Å². The van der Waals surface area contributed by atoms with Crippen LogP contribution < -0.4 is 5.73 Å². The van der Waals surface area contributed by atoms with Crippen LogP contribution in [-0.4, -0.2) is 0 Å². The molecule has 0 unspecified atom stereocenters. The van der Waals surface area contributed by atoms with Crippen LogP contribution in [0.5, 0.6) is 0 Å². The van der Waals surface area contributed by atoms with E-state index in [1.165, 1.54) is 26.4 Å². The zero-order chi connectivity index (χ0) is 12.4. The van der Waals surface area contributed by atoms with Crippen LogP contribution in [0.4, 0.5) is 0 Å². The Bertz CT molecular complexity index is 494. The molecule has 90 valence electrons. The lowest BCUT2D eigenvalue weighted by Crippen LogP contribution is -1.91. The lowest BCUT2D eigenvalue weighted by Gasteiger charge is -2.06. The number of rotatable bonds is 3. The average Bonchev–Trinajstić information content (AvgIpc) is 2.71. The summed E-state index contributed by atoms with van der Waals surface area (Å²) in [5, 5.41) is 0. The summed E-state index contributed by atoms with van der Waals surface area (Å²) in [5.41, 5.74) is 9.70. The van der Waals surface area contributed by atoms with Gasteiger partial charge in [0.25, 0.3) is 0 Å². The average molecular weight is 245 g/mol. The summed E-state index contributed by atoms with van der Waals surface area (Å²) < 4.78 is 0. The maximum atomic E-state index is 5.68. The van der Waals surface area contributed by atoms with Crippen molar-refractivity contribution in [2.45, 2.75) is 33.2 Å². The molecular formula is C15H19NS. The van der Waals surface area contributed by atoms with E-state index in [0.717, 1.165) is 0 Å². The molecule has 0 saturated heterocycles. The number of aryl methyl sites for hydroxylation is 1. The van der Waals surface area contributed by atoms with Crippen molar-refractivity contribution in [1.82, 2.24) is 0 Å². The molecule has 0 aliphatic rings. The molecule has 0 radical (unpaired) electrons. The fourth-order valence-corrected chi connectivity index (χ4v) is 3.01. The van der Waals surface area contributed by atoms with Crippen LogP contribution in [0.3, 0.4) is 0 Å². The molecule has 1 aromatic heterocycles. The first-order valence-corrected chi connectivity index (χ1v) is 6.83. The second-order valence-electron chi connectivity index (χ2n) is 4.71. The van der Waals surface area contributed by atoms with Gasteiger partial charge in [-0.25, -0.2) is 0 Å². The van der Waals surface area contributed by atoms with Crippen LogP contribution in [0.1, 0.15) is 35.8 Å². The molecule has 17 heavy (non-hydrogen) atoms. The molecule has 0 bridgehead atoms. The van der Waals surface area contributed by atoms with Gasteiger partial charge in [0.15, 0.2) is 0 Å². The minimum atomic E-state index is 0.591. The second kappa shape index (κ2) is 5.03. The van der Waals surface area contributed by atoms with Gasteiger partial charge >= 0.3 is 0 Å². The van der Waals surface area contributed by atoms with Crippen LogP contribution in [0.25, 0.3) is 10.4 Å². The Balaban J connectivity index is 2.36. The highest BCUT2D eigenvalue weighted by atomic mass is 32.1. The van der Waals surface area contributed by atoms with Gasteiger partial charge in [-0.05, 0) is 35.6 Å². The van der Waals surface area contributed by atoms with Crippen LogP contribution in [-0.2, 0) is 6.54 Å². The Kier molecular flexibility index (Phi) is 3.65. The predicted octanol–water partition coefficient (Wildman–Crippen LogP) is 4.31. The van der Waals surface area contributed by atoms with Crippen LogP contribution >= 0.6 is 11.3 Å². The third kappa shape index (κ3) is 2.59. The summed E-state index contributed by atoms with van der Waals surface area (Å²) in [5.74, 6) is 0.591. The van der Waals surface area contributed by atoms with Crippen molar-refractivity contribution in [3.8, 4) is 10.4 Å². The molecule has 0 aliphatic heterocycles. The molecule has 2 N–H and O–H groups in total. The zero-order valence-electron chi connectivity index (χ0n) is 10.7. The molecule has 2 aromatic rings. The largest absolute Gasteiger partial charge is 0.326 e. The van der Waals surface area contributed by atoms with E-state index in [1.807, 2.05) is 0 Å². The van der Waals surface area contributed by atoms with E-state index in [4.69, 9.17) is 5.73 Å². The molecule has 2 heteroatoms. The third-order valence-electron chi connectivity index (χ3n) is 3.01. The highest BCUT2D eigenvalue weighted by Gasteiger charge is 2.07. The van der Waals surface area contributed by atoms with Gasteiger partial charge < -0.3 is 5.73 Å². The smallest absolute Gasteiger partial charge is 0.0375 e. The third-order valence-corrected chi connectivity index (χ3v) is 4.32. The topological polar surface area (TPSA) is 26.0 Å². The van der Waals surface area contributed by atoms with Crippen LogP contribution in [0.15, 0.2) is 30.3 Å².